The number of benzene rings is 1. The lowest BCUT2D eigenvalue weighted by Crippen LogP contribution is -2.23. The van der Waals surface area contributed by atoms with Crippen LogP contribution >= 0.6 is 11.8 Å². The van der Waals surface area contributed by atoms with Crippen LogP contribution in [0.2, 0.25) is 0 Å². The molecule has 0 fully saturated rings. The number of aromatic nitrogens is 1. The molecule has 2 aliphatic heterocycles. The summed E-state index contributed by atoms with van der Waals surface area (Å²) in [5.74, 6) is 0.509. The van der Waals surface area contributed by atoms with E-state index in [4.69, 9.17) is 0 Å². The van der Waals surface area contributed by atoms with E-state index in [2.05, 4.69) is 20.9 Å². The Labute approximate surface area is 150 Å². The smallest absolute Gasteiger partial charge is 0.272 e. The number of hydrogen-bond donors (Lipinski definition) is 3. The molecule has 4 rings (SSSR count). The molecule has 6 nitrogen and oxygen atoms in total. The number of nitrogens with zero attached hydrogens (tertiary/aromatic N) is 1. The Balaban J connectivity index is 0.00000196. The summed E-state index contributed by atoms with van der Waals surface area (Å²) in [4.78, 5) is 29.1. The molecule has 25 heavy (non-hydrogen) atoms. The fraction of sp³-hybridized carbons (Fsp3) is 0.167. The third-order valence-electron chi connectivity index (χ3n) is 4.10. The number of carbonyl (C=O) groups is 2. The fourth-order valence-electron chi connectivity index (χ4n) is 2.90. The number of thioether (sulfide) groups is 1. The molecular weight excluding hydrogens is 336 g/mol. The van der Waals surface area contributed by atoms with Crippen LogP contribution in [0.1, 0.15) is 19.0 Å². The van der Waals surface area contributed by atoms with Gasteiger partial charge in [-0.3, -0.25) is 14.6 Å². The Hall–Kier alpha value is -2.80. The minimum atomic E-state index is -0.177. The SMILES string of the molecule is O=C1CCc2cc(NC(=O)C3=C(c4cccnc4)SCN3)ccc2N1.[HH]. The highest BCUT2D eigenvalue weighted by atomic mass is 32.2. The third-order valence-corrected chi connectivity index (χ3v) is 5.12. The number of rotatable bonds is 3. The molecule has 2 aromatic rings. The van der Waals surface area contributed by atoms with Crippen LogP contribution in [0.15, 0.2) is 48.4 Å². The molecule has 2 amide bonds. The Morgan fingerprint density at radius 2 is 2.20 bits per heavy atom. The van der Waals surface area contributed by atoms with Crippen molar-refractivity contribution in [3.05, 3.63) is 59.5 Å². The quantitative estimate of drug-likeness (QED) is 0.789. The highest BCUT2D eigenvalue weighted by Gasteiger charge is 2.23. The Bertz CT molecular complexity index is 886. The molecule has 3 N–H and O–H groups in total. The second kappa shape index (κ2) is 6.60. The van der Waals surface area contributed by atoms with Crippen LogP contribution < -0.4 is 16.0 Å². The molecule has 0 unspecified atom stereocenters. The van der Waals surface area contributed by atoms with Crippen molar-refractivity contribution in [1.29, 1.82) is 0 Å². The standard InChI is InChI=1S/C18H16N4O2S.H2/c23-15-6-3-11-8-13(4-5-14(11)22-15)21-18(24)16-17(25-10-20-16)12-2-1-7-19-9-12;/h1-2,4-5,7-9,20H,3,6,10H2,(H,21,24)(H,22,23);1H. The number of carbonyl (C=O) groups excluding carboxylic acids is 2. The molecule has 0 atom stereocenters. The van der Waals surface area contributed by atoms with Crippen LogP contribution in [0.4, 0.5) is 11.4 Å². The molecule has 0 spiro atoms. The van der Waals surface area contributed by atoms with Crippen molar-refractivity contribution in [3.63, 3.8) is 0 Å². The summed E-state index contributed by atoms with van der Waals surface area (Å²) in [6.45, 7) is 0. The summed E-state index contributed by atoms with van der Waals surface area (Å²) in [5, 5.41) is 8.92. The van der Waals surface area contributed by atoms with E-state index in [-0.39, 0.29) is 13.2 Å². The summed E-state index contributed by atoms with van der Waals surface area (Å²) in [7, 11) is 0. The van der Waals surface area contributed by atoms with Gasteiger partial charge in [-0.15, -0.1) is 11.8 Å². The van der Waals surface area contributed by atoms with Crippen molar-refractivity contribution in [2.45, 2.75) is 12.8 Å². The van der Waals surface area contributed by atoms with Gasteiger partial charge in [-0.2, -0.15) is 0 Å². The van der Waals surface area contributed by atoms with Crippen molar-refractivity contribution in [1.82, 2.24) is 10.3 Å². The first-order valence-electron chi connectivity index (χ1n) is 7.96. The van der Waals surface area contributed by atoms with Crippen molar-refractivity contribution in [2.24, 2.45) is 0 Å². The number of aryl methyl sites for hydroxylation is 1. The first kappa shape index (κ1) is 15.7. The van der Waals surface area contributed by atoms with E-state index < -0.39 is 0 Å². The number of hydrogen-bond acceptors (Lipinski definition) is 5. The van der Waals surface area contributed by atoms with Gasteiger partial charge in [0.05, 0.1) is 5.88 Å². The van der Waals surface area contributed by atoms with Crippen LogP contribution in [0.5, 0.6) is 0 Å². The number of anilines is 2. The van der Waals surface area contributed by atoms with E-state index in [1.807, 2.05) is 24.3 Å². The Kier molecular flexibility index (Phi) is 4.15. The zero-order chi connectivity index (χ0) is 17.2. The molecule has 2 aliphatic rings. The maximum absolute atomic E-state index is 12.7. The van der Waals surface area contributed by atoms with Crippen LogP contribution in [-0.2, 0) is 16.0 Å². The Morgan fingerprint density at radius 1 is 1.28 bits per heavy atom. The lowest BCUT2D eigenvalue weighted by atomic mass is 10.0. The first-order chi connectivity index (χ1) is 12.2. The van der Waals surface area contributed by atoms with Crippen molar-refractivity contribution >= 4 is 39.9 Å². The average molecular weight is 354 g/mol. The minimum absolute atomic E-state index is 0. The van der Waals surface area contributed by atoms with E-state index in [0.717, 1.165) is 27.4 Å². The number of fused-ring (bicyclic) bond motifs is 1. The van der Waals surface area contributed by atoms with Crippen LogP contribution in [0.3, 0.4) is 0 Å². The zero-order valence-corrected chi connectivity index (χ0v) is 14.2. The molecule has 3 heterocycles. The average Bonchev–Trinajstić information content (AvgIpc) is 3.12. The number of amides is 2. The molecule has 0 saturated heterocycles. The van der Waals surface area contributed by atoms with Crippen molar-refractivity contribution in [3.8, 4) is 0 Å². The lowest BCUT2D eigenvalue weighted by Gasteiger charge is -2.18. The maximum Gasteiger partial charge on any atom is 0.272 e. The summed E-state index contributed by atoms with van der Waals surface area (Å²) in [6, 6.07) is 9.34. The molecule has 7 heteroatoms. The molecule has 0 aliphatic carbocycles. The first-order valence-corrected chi connectivity index (χ1v) is 8.95. The van der Waals surface area contributed by atoms with Crippen LogP contribution in [-0.4, -0.2) is 22.7 Å². The molecule has 0 saturated carbocycles. The van der Waals surface area contributed by atoms with Gasteiger partial charge in [-0.1, -0.05) is 6.07 Å². The molecule has 0 radical (unpaired) electrons. The van der Waals surface area contributed by atoms with Crippen LogP contribution in [0.25, 0.3) is 4.91 Å². The monoisotopic (exact) mass is 354 g/mol. The van der Waals surface area contributed by atoms with E-state index in [0.29, 0.717) is 24.4 Å². The van der Waals surface area contributed by atoms with E-state index >= 15 is 0 Å². The van der Waals surface area contributed by atoms with Gasteiger partial charge < -0.3 is 16.0 Å². The molecule has 1 aromatic heterocycles. The fourth-order valence-corrected chi connectivity index (χ4v) is 3.85. The summed E-state index contributed by atoms with van der Waals surface area (Å²) in [6.07, 6.45) is 4.62. The maximum atomic E-state index is 12.7. The van der Waals surface area contributed by atoms with Gasteiger partial charge in [0.25, 0.3) is 5.91 Å². The summed E-state index contributed by atoms with van der Waals surface area (Å²) < 4.78 is 0. The van der Waals surface area contributed by atoms with Gasteiger partial charge in [-0.05, 0) is 36.2 Å². The van der Waals surface area contributed by atoms with Gasteiger partial charge in [0.2, 0.25) is 5.91 Å². The van der Waals surface area contributed by atoms with Gasteiger partial charge in [0, 0.05) is 42.1 Å². The van der Waals surface area contributed by atoms with Gasteiger partial charge in [0.15, 0.2) is 0 Å². The Morgan fingerprint density at radius 3 is 3.04 bits per heavy atom. The largest absolute Gasteiger partial charge is 0.370 e. The van der Waals surface area contributed by atoms with Crippen molar-refractivity contribution in [2.75, 3.05) is 16.5 Å². The second-order valence-corrected chi connectivity index (χ2v) is 6.77. The number of nitrogens with one attached hydrogen (secondary N) is 3. The summed E-state index contributed by atoms with van der Waals surface area (Å²) >= 11 is 1.59. The van der Waals surface area contributed by atoms with E-state index in [9.17, 15) is 9.59 Å². The predicted molar refractivity (Wildman–Crippen MR) is 101 cm³/mol. The molecule has 128 valence electrons. The highest BCUT2D eigenvalue weighted by molar-refractivity contribution is 8.08. The number of pyridine rings is 1. The molecular formula is C18H18N4O2S. The highest BCUT2D eigenvalue weighted by Crippen LogP contribution is 2.34. The van der Waals surface area contributed by atoms with Crippen LogP contribution in [0, 0.1) is 0 Å². The van der Waals surface area contributed by atoms with E-state index in [1.54, 1.807) is 30.2 Å². The second-order valence-electron chi connectivity index (χ2n) is 5.79. The van der Waals surface area contributed by atoms with Gasteiger partial charge >= 0.3 is 0 Å². The lowest BCUT2D eigenvalue weighted by molar-refractivity contribution is -0.116. The minimum Gasteiger partial charge on any atom is -0.370 e. The molecule has 0 bridgehead atoms. The van der Waals surface area contributed by atoms with Crippen molar-refractivity contribution < 1.29 is 11.0 Å². The van der Waals surface area contributed by atoms with E-state index in [1.165, 1.54) is 0 Å². The molecule has 1 aromatic carbocycles. The van der Waals surface area contributed by atoms with Gasteiger partial charge in [-0.25, -0.2) is 0 Å². The zero-order valence-electron chi connectivity index (χ0n) is 13.3. The summed E-state index contributed by atoms with van der Waals surface area (Å²) in [5.41, 5.74) is 4.06. The normalized spacial score (nSPS) is 16.1. The third kappa shape index (κ3) is 3.23. The van der Waals surface area contributed by atoms with Gasteiger partial charge in [0.1, 0.15) is 5.70 Å². The predicted octanol–water partition coefficient (Wildman–Crippen LogP) is 2.81. The topological polar surface area (TPSA) is 83.1 Å².